The summed E-state index contributed by atoms with van der Waals surface area (Å²) >= 11 is 1.53. The third-order valence-electron chi connectivity index (χ3n) is 1.50. The van der Waals surface area contributed by atoms with Gasteiger partial charge in [-0.3, -0.25) is 4.98 Å². The normalized spacial score (nSPS) is 10.1. The Morgan fingerprint density at radius 3 is 3.00 bits per heavy atom. The van der Waals surface area contributed by atoms with Crippen molar-refractivity contribution in [3.8, 4) is 10.6 Å². The molecule has 0 aliphatic rings. The maximum absolute atomic E-state index is 4.11. The molecule has 60 valence electrons. The molecule has 2 heterocycles. The van der Waals surface area contributed by atoms with Crippen LogP contribution in [0.2, 0.25) is 0 Å². The van der Waals surface area contributed by atoms with E-state index in [1.54, 1.807) is 11.7 Å². The van der Waals surface area contributed by atoms with E-state index in [2.05, 4.69) is 15.2 Å². The quantitative estimate of drug-likeness (QED) is 0.667. The van der Waals surface area contributed by atoms with E-state index < -0.39 is 0 Å². The van der Waals surface area contributed by atoms with E-state index in [-0.39, 0.29) is 0 Å². The first-order valence-corrected chi connectivity index (χ1v) is 4.43. The molecule has 0 saturated carbocycles. The van der Waals surface area contributed by atoms with E-state index in [1.165, 1.54) is 11.3 Å². The van der Waals surface area contributed by atoms with Crippen LogP contribution in [-0.2, 0) is 0 Å². The summed E-state index contributed by atoms with van der Waals surface area (Å²) in [5, 5.41) is 8.69. The van der Waals surface area contributed by atoms with E-state index in [1.807, 2.05) is 19.1 Å². The zero-order chi connectivity index (χ0) is 8.39. The molecule has 0 spiro atoms. The van der Waals surface area contributed by atoms with Gasteiger partial charge >= 0.3 is 0 Å². The zero-order valence-corrected chi connectivity index (χ0v) is 7.38. The smallest absolute Gasteiger partial charge is 0.147 e. The molecule has 0 aliphatic carbocycles. The largest absolute Gasteiger partial charge is 0.262 e. The summed E-state index contributed by atoms with van der Waals surface area (Å²) in [4.78, 5) is 4.11. The van der Waals surface area contributed by atoms with Gasteiger partial charge in [0, 0.05) is 17.5 Å². The SMILES string of the molecule is Cc1cc(-c2nncs2)ccn1. The van der Waals surface area contributed by atoms with Crippen molar-refractivity contribution in [2.75, 3.05) is 0 Å². The topological polar surface area (TPSA) is 38.7 Å². The first-order valence-electron chi connectivity index (χ1n) is 3.55. The van der Waals surface area contributed by atoms with Crippen molar-refractivity contribution in [3.63, 3.8) is 0 Å². The molecule has 0 saturated heterocycles. The minimum Gasteiger partial charge on any atom is -0.262 e. The highest BCUT2D eigenvalue weighted by atomic mass is 32.1. The Morgan fingerprint density at radius 1 is 1.42 bits per heavy atom. The van der Waals surface area contributed by atoms with Crippen molar-refractivity contribution < 1.29 is 0 Å². The highest BCUT2D eigenvalue weighted by molar-refractivity contribution is 7.12. The van der Waals surface area contributed by atoms with Crippen molar-refractivity contribution in [2.24, 2.45) is 0 Å². The van der Waals surface area contributed by atoms with Gasteiger partial charge in [-0.1, -0.05) is 11.3 Å². The molecule has 0 unspecified atom stereocenters. The molecular weight excluding hydrogens is 170 g/mol. The first kappa shape index (κ1) is 7.36. The van der Waals surface area contributed by atoms with Gasteiger partial charge in [0.15, 0.2) is 0 Å². The van der Waals surface area contributed by atoms with Crippen LogP contribution >= 0.6 is 11.3 Å². The summed E-state index contributed by atoms with van der Waals surface area (Å²) in [6.45, 7) is 1.96. The van der Waals surface area contributed by atoms with Crippen molar-refractivity contribution in [1.29, 1.82) is 0 Å². The number of hydrogen-bond donors (Lipinski definition) is 0. The second-order valence-electron chi connectivity index (χ2n) is 2.43. The fraction of sp³-hybridized carbons (Fsp3) is 0.125. The van der Waals surface area contributed by atoms with E-state index in [0.717, 1.165) is 16.3 Å². The van der Waals surface area contributed by atoms with Crippen LogP contribution < -0.4 is 0 Å². The van der Waals surface area contributed by atoms with Crippen LogP contribution in [-0.4, -0.2) is 15.2 Å². The molecular formula is C8H7N3S. The van der Waals surface area contributed by atoms with Crippen LogP contribution in [0.25, 0.3) is 10.6 Å². The van der Waals surface area contributed by atoms with Gasteiger partial charge in [0.1, 0.15) is 10.5 Å². The van der Waals surface area contributed by atoms with Gasteiger partial charge in [0.05, 0.1) is 0 Å². The second-order valence-corrected chi connectivity index (χ2v) is 3.26. The molecule has 12 heavy (non-hydrogen) atoms. The molecule has 0 N–H and O–H groups in total. The molecule has 0 aromatic carbocycles. The third kappa shape index (κ3) is 1.33. The molecule has 2 aromatic heterocycles. The molecule has 0 aliphatic heterocycles. The summed E-state index contributed by atoms with van der Waals surface area (Å²) in [5.74, 6) is 0. The highest BCUT2D eigenvalue weighted by Crippen LogP contribution is 2.19. The number of aryl methyl sites for hydroxylation is 1. The molecule has 0 fully saturated rings. The summed E-state index contributed by atoms with van der Waals surface area (Å²) < 4.78 is 0. The van der Waals surface area contributed by atoms with E-state index in [9.17, 15) is 0 Å². The lowest BCUT2D eigenvalue weighted by molar-refractivity contribution is 1.09. The summed E-state index contributed by atoms with van der Waals surface area (Å²) in [6, 6.07) is 3.94. The van der Waals surface area contributed by atoms with Crippen LogP contribution in [0.5, 0.6) is 0 Å². The Kier molecular flexibility index (Phi) is 1.83. The van der Waals surface area contributed by atoms with E-state index in [0.29, 0.717) is 0 Å². The number of nitrogens with zero attached hydrogens (tertiary/aromatic N) is 3. The van der Waals surface area contributed by atoms with Gasteiger partial charge in [-0.25, -0.2) is 0 Å². The van der Waals surface area contributed by atoms with Crippen molar-refractivity contribution in [3.05, 3.63) is 29.5 Å². The van der Waals surface area contributed by atoms with Gasteiger partial charge in [-0.2, -0.15) is 0 Å². The van der Waals surface area contributed by atoms with Crippen LogP contribution in [0.3, 0.4) is 0 Å². The molecule has 0 atom stereocenters. The Bertz CT molecular complexity index is 370. The Balaban J connectivity index is 2.48. The molecule has 0 amide bonds. The van der Waals surface area contributed by atoms with Crippen LogP contribution in [0.4, 0.5) is 0 Å². The lowest BCUT2D eigenvalue weighted by Gasteiger charge is -1.94. The van der Waals surface area contributed by atoms with Gasteiger partial charge < -0.3 is 0 Å². The number of rotatable bonds is 1. The fourth-order valence-corrected chi connectivity index (χ4v) is 1.53. The Hall–Kier alpha value is -1.29. The summed E-state index contributed by atoms with van der Waals surface area (Å²) in [6.07, 6.45) is 1.78. The van der Waals surface area contributed by atoms with Crippen LogP contribution in [0.15, 0.2) is 23.8 Å². The van der Waals surface area contributed by atoms with Gasteiger partial charge in [0.2, 0.25) is 0 Å². The molecule has 0 bridgehead atoms. The third-order valence-corrected chi connectivity index (χ3v) is 2.24. The minimum absolute atomic E-state index is 0.945. The van der Waals surface area contributed by atoms with Crippen molar-refractivity contribution in [2.45, 2.75) is 6.92 Å². The predicted octanol–water partition coefficient (Wildman–Crippen LogP) is 1.91. The predicted molar refractivity (Wildman–Crippen MR) is 47.9 cm³/mol. The van der Waals surface area contributed by atoms with Crippen LogP contribution in [0, 0.1) is 6.92 Å². The number of hydrogen-bond acceptors (Lipinski definition) is 4. The van der Waals surface area contributed by atoms with Crippen molar-refractivity contribution in [1.82, 2.24) is 15.2 Å². The maximum Gasteiger partial charge on any atom is 0.147 e. The molecule has 0 radical (unpaired) electrons. The average molecular weight is 177 g/mol. The first-order chi connectivity index (χ1) is 5.86. The summed E-state index contributed by atoms with van der Waals surface area (Å²) in [7, 11) is 0. The number of aromatic nitrogens is 3. The zero-order valence-electron chi connectivity index (χ0n) is 6.56. The molecule has 3 nitrogen and oxygen atoms in total. The highest BCUT2D eigenvalue weighted by Gasteiger charge is 2.00. The van der Waals surface area contributed by atoms with E-state index >= 15 is 0 Å². The van der Waals surface area contributed by atoms with Gasteiger partial charge in [0.25, 0.3) is 0 Å². The van der Waals surface area contributed by atoms with Gasteiger partial charge in [-0.05, 0) is 19.1 Å². The van der Waals surface area contributed by atoms with Crippen LogP contribution in [0.1, 0.15) is 5.69 Å². The molecule has 2 rings (SSSR count). The fourth-order valence-electron chi connectivity index (χ4n) is 0.977. The summed E-state index contributed by atoms with van der Waals surface area (Å²) in [5.41, 5.74) is 3.82. The average Bonchev–Trinajstić information content (AvgIpc) is 2.56. The Labute approximate surface area is 74.1 Å². The Morgan fingerprint density at radius 2 is 2.33 bits per heavy atom. The molecule has 4 heteroatoms. The monoisotopic (exact) mass is 177 g/mol. The minimum atomic E-state index is 0.945. The lowest BCUT2D eigenvalue weighted by Crippen LogP contribution is -1.81. The van der Waals surface area contributed by atoms with E-state index in [4.69, 9.17) is 0 Å². The number of pyridine rings is 1. The maximum atomic E-state index is 4.11. The van der Waals surface area contributed by atoms with Crippen molar-refractivity contribution >= 4 is 11.3 Å². The van der Waals surface area contributed by atoms with Gasteiger partial charge in [-0.15, -0.1) is 10.2 Å². The second kappa shape index (κ2) is 2.98. The lowest BCUT2D eigenvalue weighted by atomic mass is 10.2. The molecule has 2 aromatic rings. The standard InChI is InChI=1S/C8H7N3S/c1-6-4-7(2-3-9-6)8-11-10-5-12-8/h2-5H,1H3.